The molecule has 1 aliphatic rings. The van der Waals surface area contributed by atoms with Crippen molar-refractivity contribution in [3.8, 4) is 0 Å². The summed E-state index contributed by atoms with van der Waals surface area (Å²) >= 11 is 0. The van der Waals surface area contributed by atoms with Gasteiger partial charge in [0.1, 0.15) is 0 Å². The lowest BCUT2D eigenvalue weighted by Crippen LogP contribution is -2.22. The van der Waals surface area contributed by atoms with Gasteiger partial charge >= 0.3 is 0 Å². The van der Waals surface area contributed by atoms with Gasteiger partial charge in [-0.05, 0) is 19.4 Å². The minimum absolute atomic E-state index is 0.177. The molecule has 1 aliphatic heterocycles. The van der Waals surface area contributed by atoms with E-state index in [9.17, 15) is 4.79 Å². The maximum Gasteiger partial charge on any atom is 0.227 e. The van der Waals surface area contributed by atoms with Crippen molar-refractivity contribution in [1.82, 2.24) is 4.90 Å². The zero-order valence-electron chi connectivity index (χ0n) is 8.05. The third-order valence-corrected chi connectivity index (χ3v) is 1.98. The quantitative estimate of drug-likeness (QED) is 0.605. The van der Waals surface area contributed by atoms with E-state index in [1.54, 1.807) is 4.90 Å². The molecule has 2 heteroatoms. The Kier molecular flexibility index (Phi) is 3.07. The van der Waals surface area contributed by atoms with Crippen molar-refractivity contribution in [3.63, 3.8) is 0 Å². The van der Waals surface area contributed by atoms with Crippen LogP contribution in [0.25, 0.3) is 0 Å². The number of hydrogen-bond acceptors (Lipinski definition) is 1. The standard InChI is InChI=1S/C11H15NO/c1-9(2)6-7-10(3)12-8-4-5-11(12)13/h6-7H,1,3-5,8H2,2H3/b7-6-. The Bertz CT molecular complexity index is 276. The van der Waals surface area contributed by atoms with Crippen LogP contribution in [0.2, 0.25) is 0 Å². The van der Waals surface area contributed by atoms with Crippen molar-refractivity contribution >= 4 is 5.91 Å². The van der Waals surface area contributed by atoms with Crippen LogP contribution in [0.15, 0.2) is 36.6 Å². The van der Waals surface area contributed by atoms with E-state index < -0.39 is 0 Å². The molecule has 2 nitrogen and oxygen atoms in total. The van der Waals surface area contributed by atoms with Gasteiger partial charge in [0, 0.05) is 18.7 Å². The minimum Gasteiger partial charge on any atom is -0.313 e. The lowest BCUT2D eigenvalue weighted by Gasteiger charge is -2.14. The lowest BCUT2D eigenvalue weighted by atomic mass is 10.3. The van der Waals surface area contributed by atoms with Gasteiger partial charge in [0.05, 0.1) is 0 Å². The summed E-state index contributed by atoms with van der Waals surface area (Å²) in [4.78, 5) is 13.0. The Balaban J connectivity index is 2.57. The second-order valence-corrected chi connectivity index (χ2v) is 3.32. The molecule has 70 valence electrons. The maximum absolute atomic E-state index is 11.3. The number of likely N-dealkylation sites (tertiary alicyclic amines) is 1. The second-order valence-electron chi connectivity index (χ2n) is 3.32. The Morgan fingerprint density at radius 3 is 2.62 bits per heavy atom. The molecule has 1 heterocycles. The highest BCUT2D eigenvalue weighted by atomic mass is 16.2. The summed E-state index contributed by atoms with van der Waals surface area (Å²) in [5.74, 6) is 0.177. The smallest absolute Gasteiger partial charge is 0.227 e. The first-order valence-corrected chi connectivity index (χ1v) is 4.44. The molecular formula is C11H15NO. The Morgan fingerprint density at radius 1 is 1.46 bits per heavy atom. The molecule has 0 spiro atoms. The van der Waals surface area contributed by atoms with E-state index in [0.717, 1.165) is 24.2 Å². The van der Waals surface area contributed by atoms with Crippen molar-refractivity contribution < 1.29 is 4.79 Å². The number of allylic oxidation sites excluding steroid dienone is 3. The fourth-order valence-electron chi connectivity index (χ4n) is 1.28. The van der Waals surface area contributed by atoms with Crippen molar-refractivity contribution in [2.75, 3.05) is 6.54 Å². The van der Waals surface area contributed by atoms with Gasteiger partial charge in [0.2, 0.25) is 5.91 Å². The van der Waals surface area contributed by atoms with Crippen molar-refractivity contribution in [2.45, 2.75) is 19.8 Å². The number of nitrogens with zero attached hydrogens (tertiary/aromatic N) is 1. The number of hydrogen-bond donors (Lipinski definition) is 0. The first kappa shape index (κ1) is 9.78. The molecule has 13 heavy (non-hydrogen) atoms. The molecule has 0 saturated carbocycles. The molecule has 0 radical (unpaired) electrons. The first-order valence-electron chi connectivity index (χ1n) is 4.44. The van der Waals surface area contributed by atoms with E-state index >= 15 is 0 Å². The van der Waals surface area contributed by atoms with Gasteiger partial charge in [0.15, 0.2) is 0 Å². The molecule has 1 fully saturated rings. The van der Waals surface area contributed by atoms with Crippen LogP contribution < -0.4 is 0 Å². The number of rotatable bonds is 3. The Hall–Kier alpha value is -1.31. The lowest BCUT2D eigenvalue weighted by molar-refractivity contribution is -0.125. The van der Waals surface area contributed by atoms with Gasteiger partial charge in [-0.1, -0.05) is 24.8 Å². The third kappa shape index (κ3) is 2.58. The molecule has 0 aromatic carbocycles. The maximum atomic E-state index is 11.3. The summed E-state index contributed by atoms with van der Waals surface area (Å²) in [6, 6.07) is 0. The Labute approximate surface area is 79.2 Å². The second kappa shape index (κ2) is 4.08. The van der Waals surface area contributed by atoms with Crippen LogP contribution >= 0.6 is 0 Å². The van der Waals surface area contributed by atoms with Crippen LogP contribution in [0.5, 0.6) is 0 Å². The zero-order valence-corrected chi connectivity index (χ0v) is 8.05. The molecule has 1 saturated heterocycles. The minimum atomic E-state index is 0.177. The van der Waals surface area contributed by atoms with Crippen molar-refractivity contribution in [1.29, 1.82) is 0 Å². The van der Waals surface area contributed by atoms with Crippen LogP contribution in [-0.4, -0.2) is 17.4 Å². The van der Waals surface area contributed by atoms with Crippen LogP contribution in [0.4, 0.5) is 0 Å². The van der Waals surface area contributed by atoms with E-state index in [4.69, 9.17) is 0 Å². The van der Waals surface area contributed by atoms with Crippen LogP contribution in [-0.2, 0) is 4.79 Å². The van der Waals surface area contributed by atoms with Gasteiger partial charge in [-0.3, -0.25) is 4.79 Å². The van der Waals surface area contributed by atoms with Gasteiger partial charge in [-0.2, -0.15) is 0 Å². The molecule has 0 aromatic heterocycles. The molecule has 1 amide bonds. The predicted molar refractivity (Wildman–Crippen MR) is 54.0 cm³/mol. The van der Waals surface area contributed by atoms with Gasteiger partial charge < -0.3 is 4.90 Å². The largest absolute Gasteiger partial charge is 0.313 e. The van der Waals surface area contributed by atoms with E-state index in [1.165, 1.54) is 0 Å². The van der Waals surface area contributed by atoms with Crippen LogP contribution in [0, 0.1) is 0 Å². The molecule has 0 atom stereocenters. The predicted octanol–water partition coefficient (Wildman–Crippen LogP) is 2.25. The summed E-state index contributed by atoms with van der Waals surface area (Å²) < 4.78 is 0. The highest BCUT2D eigenvalue weighted by Crippen LogP contribution is 2.15. The number of carbonyl (C=O) groups is 1. The molecule has 1 rings (SSSR count). The monoisotopic (exact) mass is 177 g/mol. The van der Waals surface area contributed by atoms with Crippen LogP contribution in [0.1, 0.15) is 19.8 Å². The van der Waals surface area contributed by atoms with E-state index in [2.05, 4.69) is 13.2 Å². The molecule has 0 aromatic rings. The molecule has 0 unspecified atom stereocenters. The summed E-state index contributed by atoms with van der Waals surface area (Å²) in [5, 5.41) is 0. The molecule has 0 N–H and O–H groups in total. The topological polar surface area (TPSA) is 20.3 Å². The highest BCUT2D eigenvalue weighted by molar-refractivity contribution is 5.80. The zero-order chi connectivity index (χ0) is 9.84. The average molecular weight is 177 g/mol. The Morgan fingerprint density at radius 2 is 2.15 bits per heavy atom. The highest BCUT2D eigenvalue weighted by Gasteiger charge is 2.20. The van der Waals surface area contributed by atoms with Crippen molar-refractivity contribution in [3.05, 3.63) is 36.6 Å². The summed E-state index contributed by atoms with van der Waals surface area (Å²) in [6.45, 7) is 10.3. The normalized spacial score (nSPS) is 17.0. The summed E-state index contributed by atoms with van der Waals surface area (Å²) in [7, 11) is 0. The molecule has 0 bridgehead atoms. The van der Waals surface area contributed by atoms with Gasteiger partial charge in [-0.15, -0.1) is 0 Å². The van der Waals surface area contributed by atoms with Crippen molar-refractivity contribution in [2.24, 2.45) is 0 Å². The number of amides is 1. The fourth-order valence-corrected chi connectivity index (χ4v) is 1.28. The molecular weight excluding hydrogens is 162 g/mol. The average Bonchev–Trinajstić information content (AvgIpc) is 2.47. The van der Waals surface area contributed by atoms with Gasteiger partial charge in [-0.25, -0.2) is 0 Å². The summed E-state index contributed by atoms with van der Waals surface area (Å²) in [6.07, 6.45) is 5.30. The van der Waals surface area contributed by atoms with Gasteiger partial charge in [0.25, 0.3) is 0 Å². The first-order chi connectivity index (χ1) is 6.11. The van der Waals surface area contributed by atoms with E-state index in [0.29, 0.717) is 6.42 Å². The van der Waals surface area contributed by atoms with Crippen LogP contribution in [0.3, 0.4) is 0 Å². The molecule has 0 aliphatic carbocycles. The SMILES string of the molecule is C=C(C)/C=C\C(=C)N1CCCC1=O. The fraction of sp³-hybridized carbons (Fsp3) is 0.364. The van der Waals surface area contributed by atoms with E-state index in [-0.39, 0.29) is 5.91 Å². The summed E-state index contributed by atoms with van der Waals surface area (Å²) in [5.41, 5.74) is 1.73. The van der Waals surface area contributed by atoms with E-state index in [1.807, 2.05) is 19.1 Å². The number of carbonyl (C=O) groups excluding carboxylic acids is 1. The third-order valence-electron chi connectivity index (χ3n) is 1.98.